The second-order valence-electron chi connectivity index (χ2n) is 3.98. The lowest BCUT2D eigenvalue weighted by Gasteiger charge is -2.08. The third kappa shape index (κ3) is 3.10. The van der Waals surface area contributed by atoms with Crippen molar-refractivity contribution >= 4 is 29.2 Å². The minimum Gasteiger partial charge on any atom is -0.476 e. The van der Waals surface area contributed by atoms with Gasteiger partial charge in [0.05, 0.1) is 5.69 Å². The third-order valence-corrected chi connectivity index (χ3v) is 2.64. The van der Waals surface area contributed by atoms with E-state index in [-0.39, 0.29) is 16.5 Å². The molecule has 7 heteroatoms. The summed E-state index contributed by atoms with van der Waals surface area (Å²) in [6, 6.07) is 5.95. The van der Waals surface area contributed by atoms with Crippen molar-refractivity contribution in [3.8, 4) is 0 Å². The molecule has 0 unspecified atom stereocenters. The zero-order chi connectivity index (χ0) is 14.7. The van der Waals surface area contributed by atoms with Gasteiger partial charge < -0.3 is 10.4 Å². The summed E-state index contributed by atoms with van der Waals surface area (Å²) in [5, 5.41) is 11.7. The van der Waals surface area contributed by atoms with Gasteiger partial charge in [0.2, 0.25) is 0 Å². The molecule has 1 amide bonds. The Hall–Kier alpha value is -2.47. The van der Waals surface area contributed by atoms with Crippen molar-refractivity contribution in [1.29, 1.82) is 0 Å². The molecule has 0 saturated carbocycles. The second-order valence-corrected chi connectivity index (χ2v) is 4.37. The molecule has 2 aromatic heterocycles. The van der Waals surface area contributed by atoms with Gasteiger partial charge in [-0.25, -0.2) is 14.8 Å². The largest absolute Gasteiger partial charge is 0.476 e. The molecule has 0 fully saturated rings. The zero-order valence-electron chi connectivity index (χ0n) is 10.4. The number of hydrogen-bond acceptors (Lipinski definition) is 4. The molecule has 2 N–H and O–H groups in total. The topological polar surface area (TPSA) is 92.2 Å². The molecule has 0 atom stereocenters. The fourth-order valence-corrected chi connectivity index (χ4v) is 1.88. The predicted octanol–water partition coefficient (Wildman–Crippen LogP) is 2.39. The smallest absolute Gasteiger partial charge is 0.356 e. The molecule has 20 heavy (non-hydrogen) atoms. The number of aromatic nitrogens is 2. The standard InChI is InChI=1S/C13H10ClN3O3/c1-7-5-8(6-10(14)16-7)12(18)17-9-3-2-4-15-11(9)13(19)20/h2-6H,1H3,(H,17,18)(H,19,20). The van der Waals surface area contributed by atoms with E-state index in [2.05, 4.69) is 15.3 Å². The summed E-state index contributed by atoms with van der Waals surface area (Å²) in [6.45, 7) is 1.70. The van der Waals surface area contributed by atoms with Gasteiger partial charge in [0.15, 0.2) is 5.69 Å². The van der Waals surface area contributed by atoms with Gasteiger partial charge in [-0.2, -0.15) is 0 Å². The number of carbonyl (C=O) groups is 2. The number of pyridine rings is 2. The van der Waals surface area contributed by atoms with E-state index in [9.17, 15) is 9.59 Å². The summed E-state index contributed by atoms with van der Waals surface area (Å²) >= 11 is 5.78. The molecule has 0 aromatic carbocycles. The lowest BCUT2D eigenvalue weighted by atomic mass is 10.2. The van der Waals surface area contributed by atoms with E-state index < -0.39 is 11.9 Å². The maximum absolute atomic E-state index is 12.1. The van der Waals surface area contributed by atoms with Crippen LogP contribution in [0.1, 0.15) is 26.5 Å². The Morgan fingerprint density at radius 1 is 1.35 bits per heavy atom. The Bertz CT molecular complexity index is 668. The fraction of sp³-hybridized carbons (Fsp3) is 0.0769. The monoisotopic (exact) mass is 291 g/mol. The lowest BCUT2D eigenvalue weighted by molar-refractivity contribution is 0.0692. The zero-order valence-corrected chi connectivity index (χ0v) is 11.2. The summed E-state index contributed by atoms with van der Waals surface area (Å²) in [5.41, 5.74) is 0.781. The van der Waals surface area contributed by atoms with Gasteiger partial charge in [-0.15, -0.1) is 0 Å². The molecular weight excluding hydrogens is 282 g/mol. The van der Waals surface area contributed by atoms with Crippen LogP contribution < -0.4 is 5.32 Å². The first kappa shape index (κ1) is 14.0. The van der Waals surface area contributed by atoms with Crippen LogP contribution in [-0.4, -0.2) is 27.0 Å². The van der Waals surface area contributed by atoms with Gasteiger partial charge in [0, 0.05) is 17.5 Å². The van der Waals surface area contributed by atoms with Crippen LogP contribution in [0, 0.1) is 6.92 Å². The van der Waals surface area contributed by atoms with Gasteiger partial charge in [-0.05, 0) is 31.2 Å². The highest BCUT2D eigenvalue weighted by atomic mass is 35.5. The van der Waals surface area contributed by atoms with Crippen molar-refractivity contribution in [2.75, 3.05) is 5.32 Å². The summed E-state index contributed by atoms with van der Waals surface area (Å²) < 4.78 is 0. The first-order valence-electron chi connectivity index (χ1n) is 5.61. The van der Waals surface area contributed by atoms with E-state index >= 15 is 0 Å². The Balaban J connectivity index is 2.30. The second kappa shape index (κ2) is 5.66. The van der Waals surface area contributed by atoms with Gasteiger partial charge in [0.25, 0.3) is 5.91 Å². The van der Waals surface area contributed by atoms with E-state index in [4.69, 9.17) is 16.7 Å². The predicted molar refractivity (Wildman–Crippen MR) is 73.1 cm³/mol. The molecule has 6 nitrogen and oxygen atoms in total. The number of hydrogen-bond donors (Lipinski definition) is 2. The van der Waals surface area contributed by atoms with Crippen LogP contribution in [0.2, 0.25) is 5.15 Å². The first-order chi connectivity index (χ1) is 9.47. The van der Waals surface area contributed by atoms with Gasteiger partial charge >= 0.3 is 5.97 Å². The quantitative estimate of drug-likeness (QED) is 0.847. The molecule has 0 radical (unpaired) electrons. The van der Waals surface area contributed by atoms with Crippen molar-refractivity contribution < 1.29 is 14.7 Å². The van der Waals surface area contributed by atoms with Crippen LogP contribution in [0.5, 0.6) is 0 Å². The highest BCUT2D eigenvalue weighted by Crippen LogP contribution is 2.16. The van der Waals surface area contributed by atoms with Crippen LogP contribution in [0.3, 0.4) is 0 Å². The van der Waals surface area contributed by atoms with Gasteiger partial charge in [-0.3, -0.25) is 4.79 Å². The maximum Gasteiger partial charge on any atom is 0.356 e. The molecule has 102 valence electrons. The van der Waals surface area contributed by atoms with Crippen LogP contribution >= 0.6 is 11.6 Å². The van der Waals surface area contributed by atoms with E-state index in [1.54, 1.807) is 13.0 Å². The minimum absolute atomic E-state index is 0.121. The number of carboxylic acid groups (broad SMARTS) is 1. The average Bonchev–Trinajstić information content (AvgIpc) is 2.37. The number of halogens is 1. The number of aromatic carboxylic acids is 1. The van der Waals surface area contributed by atoms with Gasteiger partial charge in [-0.1, -0.05) is 11.6 Å². The molecule has 2 heterocycles. The Kier molecular flexibility index (Phi) is 3.95. The Morgan fingerprint density at radius 2 is 2.10 bits per heavy atom. The number of anilines is 1. The molecule has 2 aromatic rings. The number of rotatable bonds is 3. The number of aryl methyl sites for hydroxylation is 1. The van der Waals surface area contributed by atoms with Crippen molar-refractivity contribution in [2.45, 2.75) is 6.92 Å². The number of nitrogens with zero attached hydrogens (tertiary/aromatic N) is 2. The summed E-state index contributed by atoms with van der Waals surface area (Å²) in [6.07, 6.45) is 1.34. The fourth-order valence-electron chi connectivity index (χ4n) is 1.63. The normalized spacial score (nSPS) is 10.1. The van der Waals surface area contributed by atoms with E-state index in [0.29, 0.717) is 11.3 Å². The van der Waals surface area contributed by atoms with Crippen LogP contribution in [0.25, 0.3) is 0 Å². The van der Waals surface area contributed by atoms with Crippen LogP contribution in [0.15, 0.2) is 30.5 Å². The van der Waals surface area contributed by atoms with E-state index in [0.717, 1.165) is 0 Å². The number of nitrogens with one attached hydrogen (secondary N) is 1. The van der Waals surface area contributed by atoms with Crippen molar-refractivity contribution in [1.82, 2.24) is 9.97 Å². The SMILES string of the molecule is Cc1cc(C(=O)Nc2cccnc2C(=O)O)cc(Cl)n1. The van der Waals surface area contributed by atoms with Crippen molar-refractivity contribution in [3.05, 3.63) is 52.6 Å². The Morgan fingerprint density at radius 3 is 2.75 bits per heavy atom. The molecule has 0 spiro atoms. The van der Waals surface area contributed by atoms with Crippen LogP contribution in [-0.2, 0) is 0 Å². The van der Waals surface area contributed by atoms with Crippen molar-refractivity contribution in [3.63, 3.8) is 0 Å². The summed E-state index contributed by atoms with van der Waals surface area (Å²) in [4.78, 5) is 30.7. The molecule has 0 bridgehead atoms. The van der Waals surface area contributed by atoms with Crippen LogP contribution in [0.4, 0.5) is 5.69 Å². The first-order valence-corrected chi connectivity index (χ1v) is 5.99. The average molecular weight is 292 g/mol. The highest BCUT2D eigenvalue weighted by molar-refractivity contribution is 6.29. The minimum atomic E-state index is -1.22. The summed E-state index contributed by atoms with van der Waals surface area (Å²) in [7, 11) is 0. The molecule has 0 aliphatic carbocycles. The number of carbonyl (C=O) groups excluding carboxylic acids is 1. The van der Waals surface area contributed by atoms with Gasteiger partial charge in [0.1, 0.15) is 5.15 Å². The number of carboxylic acids is 1. The third-order valence-electron chi connectivity index (χ3n) is 2.44. The molecule has 0 aliphatic heterocycles. The molecule has 0 saturated heterocycles. The highest BCUT2D eigenvalue weighted by Gasteiger charge is 2.15. The van der Waals surface area contributed by atoms with E-state index in [1.165, 1.54) is 24.4 Å². The molecular formula is C13H10ClN3O3. The van der Waals surface area contributed by atoms with Crippen molar-refractivity contribution in [2.24, 2.45) is 0 Å². The Labute approximate surface area is 119 Å². The van der Waals surface area contributed by atoms with E-state index in [1.807, 2.05) is 0 Å². The molecule has 0 aliphatic rings. The molecule has 2 rings (SSSR count). The lowest BCUT2D eigenvalue weighted by Crippen LogP contribution is -2.16. The maximum atomic E-state index is 12.1. The number of amides is 1. The summed E-state index contributed by atoms with van der Waals surface area (Å²) in [5.74, 6) is -1.70.